The van der Waals surface area contributed by atoms with Crippen molar-refractivity contribution in [2.45, 2.75) is 39.3 Å². The molecular formula is C15H17FN4. The summed E-state index contributed by atoms with van der Waals surface area (Å²) < 4.78 is 12.9. The fourth-order valence-corrected chi connectivity index (χ4v) is 2.15. The number of nitrogens with one attached hydrogen (secondary N) is 1. The number of aromatic nitrogens is 3. The first kappa shape index (κ1) is 13.1. The van der Waals surface area contributed by atoms with E-state index < -0.39 is 0 Å². The summed E-state index contributed by atoms with van der Waals surface area (Å²) >= 11 is 0. The normalized spacial score (nSPS) is 14.6. The highest BCUT2D eigenvalue weighted by molar-refractivity contribution is 5.50. The third-order valence-corrected chi connectivity index (χ3v) is 3.52. The van der Waals surface area contributed by atoms with E-state index >= 15 is 0 Å². The Hall–Kier alpha value is -1.88. The first-order valence-corrected chi connectivity index (χ1v) is 6.83. The lowest BCUT2D eigenvalue weighted by atomic mass is 10.1. The van der Waals surface area contributed by atoms with Crippen molar-refractivity contribution in [2.24, 2.45) is 0 Å². The standard InChI is InChI=1S/C15H17FN4/c1-9-13(8-17-12-4-5-12)10(2)20-15(19-9)14-6-3-11(16)7-18-14/h3,6-7,12,17H,4-5,8H2,1-2H3. The lowest BCUT2D eigenvalue weighted by Gasteiger charge is -2.11. The number of hydrogen-bond donors (Lipinski definition) is 1. The summed E-state index contributed by atoms with van der Waals surface area (Å²) in [5.41, 5.74) is 3.64. The van der Waals surface area contributed by atoms with Gasteiger partial charge in [0, 0.05) is 29.5 Å². The molecule has 0 radical (unpaired) electrons. The van der Waals surface area contributed by atoms with Crippen molar-refractivity contribution in [1.29, 1.82) is 0 Å². The quantitative estimate of drug-likeness (QED) is 0.929. The van der Waals surface area contributed by atoms with Gasteiger partial charge in [-0.15, -0.1) is 0 Å². The van der Waals surface area contributed by atoms with E-state index in [9.17, 15) is 4.39 Å². The first-order chi connectivity index (χ1) is 9.63. The van der Waals surface area contributed by atoms with Crippen LogP contribution in [0.25, 0.3) is 11.5 Å². The van der Waals surface area contributed by atoms with Crippen molar-refractivity contribution in [2.75, 3.05) is 0 Å². The second kappa shape index (κ2) is 5.25. The van der Waals surface area contributed by atoms with Gasteiger partial charge in [0.2, 0.25) is 0 Å². The monoisotopic (exact) mass is 272 g/mol. The van der Waals surface area contributed by atoms with Crippen LogP contribution < -0.4 is 5.32 Å². The maximum atomic E-state index is 12.9. The van der Waals surface area contributed by atoms with Crippen LogP contribution in [0, 0.1) is 19.7 Å². The molecule has 1 fully saturated rings. The predicted octanol–water partition coefficient (Wildman–Crippen LogP) is 2.55. The van der Waals surface area contributed by atoms with E-state index in [1.807, 2.05) is 13.8 Å². The average Bonchev–Trinajstić information content (AvgIpc) is 3.22. The van der Waals surface area contributed by atoms with Crippen molar-refractivity contribution < 1.29 is 4.39 Å². The topological polar surface area (TPSA) is 50.7 Å². The molecule has 0 saturated heterocycles. The molecule has 3 rings (SSSR count). The van der Waals surface area contributed by atoms with Crippen LogP contribution in [-0.2, 0) is 6.54 Å². The van der Waals surface area contributed by atoms with Crippen molar-refractivity contribution in [1.82, 2.24) is 20.3 Å². The molecule has 4 nitrogen and oxygen atoms in total. The van der Waals surface area contributed by atoms with Gasteiger partial charge in [0.05, 0.1) is 6.20 Å². The fourth-order valence-electron chi connectivity index (χ4n) is 2.15. The highest BCUT2D eigenvalue weighted by Crippen LogP contribution is 2.21. The Kier molecular flexibility index (Phi) is 3.44. The smallest absolute Gasteiger partial charge is 0.178 e. The molecule has 2 aromatic rings. The summed E-state index contributed by atoms with van der Waals surface area (Å²) in [6, 6.07) is 3.64. The van der Waals surface area contributed by atoms with Crippen LogP contribution in [0.3, 0.4) is 0 Å². The van der Waals surface area contributed by atoms with E-state index in [2.05, 4.69) is 20.3 Å². The molecule has 0 bridgehead atoms. The van der Waals surface area contributed by atoms with Crippen molar-refractivity contribution in [3.8, 4) is 11.5 Å². The number of nitrogens with zero attached hydrogens (tertiary/aromatic N) is 3. The Morgan fingerprint density at radius 3 is 2.45 bits per heavy atom. The van der Waals surface area contributed by atoms with Crippen molar-refractivity contribution in [3.63, 3.8) is 0 Å². The molecule has 0 spiro atoms. The summed E-state index contributed by atoms with van der Waals surface area (Å²) in [5, 5.41) is 3.48. The summed E-state index contributed by atoms with van der Waals surface area (Å²) in [5.74, 6) is 0.197. The van der Waals surface area contributed by atoms with Gasteiger partial charge < -0.3 is 5.32 Å². The predicted molar refractivity (Wildman–Crippen MR) is 74.6 cm³/mol. The first-order valence-electron chi connectivity index (χ1n) is 6.83. The Balaban J connectivity index is 1.87. The van der Waals surface area contributed by atoms with Gasteiger partial charge in [0.15, 0.2) is 5.82 Å². The number of halogens is 1. The van der Waals surface area contributed by atoms with Crippen LogP contribution in [0.1, 0.15) is 29.8 Å². The molecule has 104 valence electrons. The molecule has 2 heterocycles. The lowest BCUT2D eigenvalue weighted by molar-refractivity contribution is 0.621. The van der Waals surface area contributed by atoms with Gasteiger partial charge in [-0.2, -0.15) is 0 Å². The SMILES string of the molecule is Cc1nc(-c2ccc(F)cn2)nc(C)c1CNC1CC1. The highest BCUT2D eigenvalue weighted by atomic mass is 19.1. The zero-order valence-corrected chi connectivity index (χ0v) is 11.7. The van der Waals surface area contributed by atoms with E-state index in [4.69, 9.17) is 0 Å². The number of rotatable bonds is 4. The van der Waals surface area contributed by atoms with Gasteiger partial charge in [0.25, 0.3) is 0 Å². The number of aryl methyl sites for hydroxylation is 2. The molecule has 0 unspecified atom stereocenters. The van der Waals surface area contributed by atoms with Crippen LogP contribution in [0.2, 0.25) is 0 Å². The molecule has 0 atom stereocenters. The molecule has 0 amide bonds. The van der Waals surface area contributed by atoms with Gasteiger partial charge in [-0.3, -0.25) is 0 Å². The molecular weight excluding hydrogens is 255 g/mol. The molecule has 20 heavy (non-hydrogen) atoms. The fraction of sp³-hybridized carbons (Fsp3) is 0.400. The summed E-state index contributed by atoms with van der Waals surface area (Å²) in [6.45, 7) is 4.76. The van der Waals surface area contributed by atoms with Crippen LogP contribution in [0.15, 0.2) is 18.3 Å². The maximum Gasteiger partial charge on any atom is 0.178 e. The molecule has 1 aliphatic rings. The molecule has 5 heteroatoms. The molecule has 0 aliphatic heterocycles. The Labute approximate surface area is 117 Å². The lowest BCUT2D eigenvalue weighted by Crippen LogP contribution is -2.18. The van der Waals surface area contributed by atoms with E-state index in [1.54, 1.807) is 6.07 Å². The van der Waals surface area contributed by atoms with Gasteiger partial charge >= 0.3 is 0 Å². The number of hydrogen-bond acceptors (Lipinski definition) is 4. The molecule has 2 aromatic heterocycles. The Morgan fingerprint density at radius 2 is 1.90 bits per heavy atom. The minimum absolute atomic E-state index is 0.354. The van der Waals surface area contributed by atoms with Crippen LogP contribution in [0.4, 0.5) is 4.39 Å². The van der Waals surface area contributed by atoms with Gasteiger partial charge in [-0.05, 0) is 38.8 Å². The van der Waals surface area contributed by atoms with Gasteiger partial charge in [0.1, 0.15) is 11.5 Å². The van der Waals surface area contributed by atoms with E-state index in [0.29, 0.717) is 17.6 Å². The molecule has 1 aliphatic carbocycles. The maximum absolute atomic E-state index is 12.9. The Bertz CT molecular complexity index is 597. The van der Waals surface area contributed by atoms with E-state index in [0.717, 1.165) is 23.5 Å². The van der Waals surface area contributed by atoms with Gasteiger partial charge in [-0.1, -0.05) is 0 Å². The van der Waals surface area contributed by atoms with Crippen LogP contribution >= 0.6 is 0 Å². The molecule has 1 N–H and O–H groups in total. The van der Waals surface area contributed by atoms with E-state index in [1.165, 1.54) is 25.1 Å². The second-order valence-corrected chi connectivity index (χ2v) is 5.21. The van der Waals surface area contributed by atoms with Crippen molar-refractivity contribution >= 4 is 0 Å². The highest BCUT2D eigenvalue weighted by Gasteiger charge is 2.21. The third-order valence-electron chi connectivity index (χ3n) is 3.52. The second-order valence-electron chi connectivity index (χ2n) is 5.21. The Morgan fingerprint density at radius 1 is 1.20 bits per heavy atom. The van der Waals surface area contributed by atoms with Gasteiger partial charge in [-0.25, -0.2) is 19.3 Å². The average molecular weight is 272 g/mol. The minimum atomic E-state index is -0.354. The van der Waals surface area contributed by atoms with Crippen LogP contribution in [-0.4, -0.2) is 21.0 Å². The summed E-state index contributed by atoms with van der Waals surface area (Å²) in [7, 11) is 0. The zero-order chi connectivity index (χ0) is 14.1. The molecule has 1 saturated carbocycles. The van der Waals surface area contributed by atoms with E-state index in [-0.39, 0.29) is 5.82 Å². The molecule has 0 aromatic carbocycles. The van der Waals surface area contributed by atoms with Crippen LogP contribution in [0.5, 0.6) is 0 Å². The zero-order valence-electron chi connectivity index (χ0n) is 11.7. The van der Waals surface area contributed by atoms with Crippen molar-refractivity contribution in [3.05, 3.63) is 41.1 Å². The third kappa shape index (κ3) is 2.82. The largest absolute Gasteiger partial charge is 0.310 e. The number of pyridine rings is 1. The summed E-state index contributed by atoms with van der Waals surface area (Å²) in [4.78, 5) is 13.0. The minimum Gasteiger partial charge on any atom is -0.310 e. The summed E-state index contributed by atoms with van der Waals surface area (Å²) in [6.07, 6.45) is 3.71.